The van der Waals surface area contributed by atoms with Crippen LogP contribution in [0.1, 0.15) is 67.7 Å². The molecule has 0 aromatic heterocycles. The van der Waals surface area contributed by atoms with Gasteiger partial charge in [0.15, 0.2) is 0 Å². The van der Waals surface area contributed by atoms with Crippen molar-refractivity contribution in [2.45, 2.75) is 79.9 Å². The summed E-state index contributed by atoms with van der Waals surface area (Å²) in [6.07, 6.45) is 17.1. The summed E-state index contributed by atoms with van der Waals surface area (Å²) < 4.78 is 5.38. The number of aliphatic carboxylic acids is 1. The number of hydrogen-bond donors (Lipinski definition) is 3. The Morgan fingerprint density at radius 2 is 1.80 bits per heavy atom. The predicted molar refractivity (Wildman–Crippen MR) is 158 cm³/mol. The van der Waals surface area contributed by atoms with Crippen LogP contribution in [0.4, 0.5) is 0 Å². The smallest absolute Gasteiger partial charge is 0.331 e. The molecule has 0 aromatic carbocycles. The monoisotopic (exact) mass is 556 g/mol. The van der Waals surface area contributed by atoms with E-state index in [0.717, 1.165) is 30.1 Å². The molecule has 0 spiro atoms. The normalized spacial score (nSPS) is 22.7. The van der Waals surface area contributed by atoms with E-state index < -0.39 is 23.9 Å². The van der Waals surface area contributed by atoms with Crippen molar-refractivity contribution in [1.82, 2.24) is 0 Å². The van der Waals surface area contributed by atoms with Crippen molar-refractivity contribution in [3.63, 3.8) is 0 Å². The fraction of sp³-hybridized carbons (Fsp3) is 0.545. The number of Topliss-reactive ketones (excluding diaryl/α,β-unsaturated/α-hetero) is 1. The number of esters is 1. The summed E-state index contributed by atoms with van der Waals surface area (Å²) in [6.45, 7) is 12.8. The number of allylic oxidation sites excluding steroid dienone is 7. The molecule has 0 bridgehead atoms. The van der Waals surface area contributed by atoms with Gasteiger partial charge in [-0.1, -0.05) is 87.8 Å². The Hall–Kier alpha value is -3.03. The number of ketones is 1. The molecular formula is C33H48O7. The van der Waals surface area contributed by atoms with Gasteiger partial charge in [-0.15, -0.1) is 0 Å². The van der Waals surface area contributed by atoms with Gasteiger partial charge in [-0.2, -0.15) is 0 Å². The fourth-order valence-corrected chi connectivity index (χ4v) is 4.74. The number of cyclic esters (lactones) is 1. The minimum Gasteiger partial charge on any atom is -0.478 e. The molecule has 3 unspecified atom stereocenters. The van der Waals surface area contributed by atoms with E-state index in [1.54, 1.807) is 26.8 Å². The lowest BCUT2D eigenvalue weighted by atomic mass is 9.82. The van der Waals surface area contributed by atoms with Crippen molar-refractivity contribution in [1.29, 1.82) is 0 Å². The second-order valence-electron chi connectivity index (χ2n) is 11.1. The molecule has 0 fully saturated rings. The highest BCUT2D eigenvalue weighted by Gasteiger charge is 2.30. The summed E-state index contributed by atoms with van der Waals surface area (Å²) in [5, 5.41) is 29.5. The number of aliphatic hydroxyl groups excluding tert-OH is 2. The van der Waals surface area contributed by atoms with E-state index in [1.165, 1.54) is 6.08 Å². The van der Waals surface area contributed by atoms with Crippen LogP contribution in [-0.2, 0) is 19.1 Å². The molecule has 0 radical (unpaired) electrons. The standard InChI is InChI=1S/C33H48O7/c1-8-27(13-14-29-24(5)12-15-31(37)40-29)17-21(2)10-9-11-22(3)18-28(20-34)33(39)26(7)32(38)25(6)16-23(4)19-30(35)36/h9,11-15,17-19,21,24-26,28-29,32,34,38H,8,10,16,20H2,1-7H3,(H,35,36)/b11-9+,14-13+,22-18+,23-19+,27-17-/t21-,24+,25?,26?,28?,29+,32-/m1/s1. The number of rotatable bonds is 16. The van der Waals surface area contributed by atoms with Gasteiger partial charge in [-0.05, 0) is 51.0 Å². The molecular weight excluding hydrogens is 508 g/mol. The van der Waals surface area contributed by atoms with Crippen molar-refractivity contribution < 1.29 is 34.4 Å². The van der Waals surface area contributed by atoms with Crippen LogP contribution in [0.2, 0.25) is 0 Å². The van der Waals surface area contributed by atoms with Gasteiger partial charge in [0, 0.05) is 24.0 Å². The molecule has 40 heavy (non-hydrogen) atoms. The number of aliphatic hydroxyl groups is 2. The average Bonchev–Trinajstić information content (AvgIpc) is 2.89. The topological polar surface area (TPSA) is 121 Å². The first-order valence-electron chi connectivity index (χ1n) is 14.1. The largest absolute Gasteiger partial charge is 0.478 e. The molecule has 3 N–H and O–H groups in total. The van der Waals surface area contributed by atoms with Gasteiger partial charge in [0.1, 0.15) is 11.9 Å². The first-order valence-corrected chi connectivity index (χ1v) is 14.1. The van der Waals surface area contributed by atoms with E-state index in [4.69, 9.17) is 9.84 Å². The second-order valence-corrected chi connectivity index (χ2v) is 11.1. The Bertz CT molecular complexity index is 1040. The molecule has 7 heteroatoms. The zero-order valence-corrected chi connectivity index (χ0v) is 25.0. The zero-order valence-electron chi connectivity index (χ0n) is 25.0. The van der Waals surface area contributed by atoms with Crippen LogP contribution in [0.3, 0.4) is 0 Å². The first-order chi connectivity index (χ1) is 18.8. The molecule has 7 nitrogen and oxygen atoms in total. The molecule has 1 rings (SSSR count). The third-order valence-electron chi connectivity index (χ3n) is 7.19. The average molecular weight is 557 g/mol. The molecule has 0 aliphatic carbocycles. The molecule has 1 heterocycles. The maximum atomic E-state index is 13.0. The van der Waals surface area contributed by atoms with E-state index in [2.05, 4.69) is 19.9 Å². The van der Waals surface area contributed by atoms with Crippen molar-refractivity contribution in [2.75, 3.05) is 6.61 Å². The lowest BCUT2D eigenvalue weighted by Crippen LogP contribution is -2.35. The number of carboxylic acids is 1. The number of hydrogen-bond acceptors (Lipinski definition) is 6. The van der Waals surface area contributed by atoms with Crippen molar-refractivity contribution >= 4 is 17.7 Å². The molecule has 0 amide bonds. The van der Waals surface area contributed by atoms with Gasteiger partial charge in [-0.25, -0.2) is 9.59 Å². The van der Waals surface area contributed by atoms with E-state index in [1.807, 2.05) is 44.2 Å². The summed E-state index contributed by atoms with van der Waals surface area (Å²) >= 11 is 0. The summed E-state index contributed by atoms with van der Waals surface area (Å²) in [4.78, 5) is 35.4. The third kappa shape index (κ3) is 12.4. The van der Waals surface area contributed by atoms with Crippen molar-refractivity contribution in [3.8, 4) is 0 Å². The zero-order chi connectivity index (χ0) is 30.4. The van der Waals surface area contributed by atoms with E-state index in [-0.39, 0.29) is 42.2 Å². The van der Waals surface area contributed by atoms with Crippen LogP contribution in [0, 0.1) is 29.6 Å². The van der Waals surface area contributed by atoms with Crippen LogP contribution in [-0.4, -0.2) is 51.9 Å². The van der Waals surface area contributed by atoms with Gasteiger partial charge in [0.25, 0.3) is 0 Å². The second kappa shape index (κ2) is 17.6. The van der Waals surface area contributed by atoms with Crippen LogP contribution in [0.25, 0.3) is 0 Å². The van der Waals surface area contributed by atoms with Gasteiger partial charge < -0.3 is 20.1 Å². The van der Waals surface area contributed by atoms with Gasteiger partial charge in [0.2, 0.25) is 0 Å². The number of carboxylic acid groups (broad SMARTS) is 1. The Kier molecular flexibility index (Phi) is 15.4. The Morgan fingerprint density at radius 3 is 2.40 bits per heavy atom. The van der Waals surface area contributed by atoms with E-state index in [0.29, 0.717) is 12.0 Å². The molecule has 7 atom stereocenters. The quantitative estimate of drug-likeness (QED) is 0.126. The van der Waals surface area contributed by atoms with Crippen LogP contribution in [0.15, 0.2) is 71.4 Å². The summed E-state index contributed by atoms with van der Waals surface area (Å²) in [6, 6.07) is 0. The number of carbonyl (C=O) groups excluding carboxylic acids is 2. The fourth-order valence-electron chi connectivity index (χ4n) is 4.74. The molecule has 0 saturated carbocycles. The third-order valence-corrected chi connectivity index (χ3v) is 7.19. The Labute approximate surface area is 239 Å². The molecule has 222 valence electrons. The molecule has 0 saturated heterocycles. The van der Waals surface area contributed by atoms with Crippen LogP contribution < -0.4 is 0 Å². The molecule has 1 aliphatic heterocycles. The van der Waals surface area contributed by atoms with Crippen LogP contribution >= 0.6 is 0 Å². The molecule has 0 aromatic rings. The summed E-state index contributed by atoms with van der Waals surface area (Å²) in [5.41, 5.74) is 2.62. The SMILES string of the molecule is CCC(=C/[C@H](C)C/C=C/C(C)=C/C(CO)C(=O)C(C)[C@H](O)C(C)C/C(C)=C/C(=O)O)/C=C/[C@@H]1OC(=O)C=C[C@@H]1C. The summed E-state index contributed by atoms with van der Waals surface area (Å²) in [7, 11) is 0. The maximum absolute atomic E-state index is 13.0. The number of ether oxygens (including phenoxy) is 1. The predicted octanol–water partition coefficient (Wildman–Crippen LogP) is 5.76. The molecule has 1 aliphatic rings. The highest BCUT2D eigenvalue weighted by molar-refractivity contribution is 5.85. The summed E-state index contributed by atoms with van der Waals surface area (Å²) in [5.74, 6) is -2.97. The lowest BCUT2D eigenvalue weighted by Gasteiger charge is -2.26. The van der Waals surface area contributed by atoms with E-state index >= 15 is 0 Å². The van der Waals surface area contributed by atoms with Gasteiger partial charge in [-0.3, -0.25) is 4.79 Å². The van der Waals surface area contributed by atoms with Gasteiger partial charge in [0.05, 0.1) is 18.6 Å². The number of carbonyl (C=O) groups is 3. The Balaban J connectivity index is 2.76. The van der Waals surface area contributed by atoms with Gasteiger partial charge >= 0.3 is 11.9 Å². The lowest BCUT2D eigenvalue weighted by molar-refractivity contribution is -0.143. The highest BCUT2D eigenvalue weighted by Crippen LogP contribution is 2.24. The maximum Gasteiger partial charge on any atom is 0.331 e. The van der Waals surface area contributed by atoms with E-state index in [9.17, 15) is 24.6 Å². The highest BCUT2D eigenvalue weighted by atomic mass is 16.5. The minimum absolute atomic E-state index is 0.136. The van der Waals surface area contributed by atoms with Crippen LogP contribution in [0.5, 0.6) is 0 Å². The minimum atomic E-state index is -1.04. The Morgan fingerprint density at radius 1 is 1.12 bits per heavy atom. The first kappa shape index (κ1) is 35.0. The van der Waals surface area contributed by atoms with Crippen molar-refractivity contribution in [2.24, 2.45) is 29.6 Å². The van der Waals surface area contributed by atoms with Crippen molar-refractivity contribution in [3.05, 3.63) is 71.4 Å².